The fraction of sp³-hybridized carbons (Fsp3) is 0.556. The first-order chi connectivity index (χ1) is 11.9. The van der Waals surface area contributed by atoms with Crippen molar-refractivity contribution in [3.63, 3.8) is 0 Å². The number of benzene rings is 1. The molecular weight excluding hydrogens is 326 g/mol. The number of carbonyl (C=O) groups excluding carboxylic acids is 1. The van der Waals surface area contributed by atoms with Crippen LogP contribution in [0.4, 0.5) is 0 Å². The molecule has 1 aromatic rings. The van der Waals surface area contributed by atoms with Crippen LogP contribution in [0.5, 0.6) is 17.2 Å². The smallest absolute Gasteiger partial charge is 0.305 e. The zero-order valence-electron chi connectivity index (χ0n) is 14.9. The second-order valence-corrected chi connectivity index (χ2v) is 6.32. The topological polar surface area (TPSA) is 94.1 Å². The summed E-state index contributed by atoms with van der Waals surface area (Å²) in [6.07, 6.45) is 3.31. The molecule has 138 valence electrons. The molecule has 0 aliphatic heterocycles. The Morgan fingerprint density at radius 1 is 1.08 bits per heavy atom. The van der Waals surface area contributed by atoms with Crippen LogP contribution in [0.2, 0.25) is 0 Å². The Bertz CT molecular complexity index is 611. The van der Waals surface area contributed by atoms with Gasteiger partial charge in [-0.2, -0.15) is 0 Å². The van der Waals surface area contributed by atoms with Gasteiger partial charge < -0.3 is 24.6 Å². The standard InChI is InChI=1S/C18H25NO6/c1-23-13-8-12(9-14(24-2)17(13)25-3)10-15(20)19-18(11-16(21)22)6-4-5-7-18/h8-9H,4-7,10-11H2,1-3H3,(H,19,20)(H,21,22). The van der Waals surface area contributed by atoms with Gasteiger partial charge in [-0.15, -0.1) is 0 Å². The molecule has 0 unspecified atom stereocenters. The SMILES string of the molecule is COc1cc(CC(=O)NC2(CC(=O)O)CCCC2)cc(OC)c1OC. The summed E-state index contributed by atoms with van der Waals surface area (Å²) in [6.45, 7) is 0. The number of amides is 1. The largest absolute Gasteiger partial charge is 0.493 e. The Hall–Kier alpha value is -2.44. The summed E-state index contributed by atoms with van der Waals surface area (Å²) >= 11 is 0. The van der Waals surface area contributed by atoms with Crippen LogP contribution >= 0.6 is 0 Å². The van der Waals surface area contributed by atoms with Crippen LogP contribution in [0.1, 0.15) is 37.7 Å². The summed E-state index contributed by atoms with van der Waals surface area (Å²) in [4.78, 5) is 23.6. The van der Waals surface area contributed by atoms with Gasteiger partial charge in [-0.1, -0.05) is 12.8 Å². The van der Waals surface area contributed by atoms with E-state index in [1.807, 2.05) is 0 Å². The summed E-state index contributed by atoms with van der Waals surface area (Å²) in [5.74, 6) is 0.316. The van der Waals surface area contributed by atoms with Crippen molar-refractivity contribution in [2.45, 2.75) is 44.1 Å². The van der Waals surface area contributed by atoms with Gasteiger partial charge in [0.25, 0.3) is 0 Å². The third-order valence-electron chi connectivity index (χ3n) is 4.54. The van der Waals surface area contributed by atoms with E-state index >= 15 is 0 Å². The second-order valence-electron chi connectivity index (χ2n) is 6.32. The zero-order valence-corrected chi connectivity index (χ0v) is 14.9. The van der Waals surface area contributed by atoms with Gasteiger partial charge in [0.15, 0.2) is 11.5 Å². The highest BCUT2D eigenvalue weighted by molar-refractivity contribution is 5.81. The summed E-state index contributed by atoms with van der Waals surface area (Å²) in [5.41, 5.74) is 0.0688. The maximum atomic E-state index is 12.5. The van der Waals surface area contributed by atoms with Crippen molar-refractivity contribution < 1.29 is 28.9 Å². The Morgan fingerprint density at radius 2 is 1.64 bits per heavy atom. The molecule has 2 N–H and O–H groups in total. The molecule has 1 fully saturated rings. The lowest BCUT2D eigenvalue weighted by Crippen LogP contribution is -2.48. The van der Waals surface area contributed by atoms with Crippen molar-refractivity contribution >= 4 is 11.9 Å². The fourth-order valence-electron chi connectivity index (χ4n) is 3.45. The first kappa shape index (κ1) is 18.9. The van der Waals surface area contributed by atoms with Crippen LogP contribution in [0.15, 0.2) is 12.1 Å². The quantitative estimate of drug-likeness (QED) is 0.745. The maximum Gasteiger partial charge on any atom is 0.305 e. The molecule has 1 amide bonds. The van der Waals surface area contributed by atoms with E-state index in [-0.39, 0.29) is 18.7 Å². The van der Waals surface area contributed by atoms with E-state index in [0.717, 1.165) is 12.8 Å². The maximum absolute atomic E-state index is 12.5. The normalized spacial score (nSPS) is 15.5. The molecule has 0 aromatic heterocycles. The molecule has 1 aliphatic carbocycles. The molecule has 1 saturated carbocycles. The van der Waals surface area contributed by atoms with Crippen LogP contribution in [0, 0.1) is 0 Å². The fourth-order valence-corrected chi connectivity index (χ4v) is 3.45. The molecule has 0 radical (unpaired) electrons. The zero-order chi connectivity index (χ0) is 18.4. The molecule has 25 heavy (non-hydrogen) atoms. The number of carboxylic acids is 1. The lowest BCUT2D eigenvalue weighted by Gasteiger charge is -2.28. The number of aliphatic carboxylic acids is 1. The van der Waals surface area contributed by atoms with E-state index in [1.54, 1.807) is 12.1 Å². The molecule has 0 atom stereocenters. The third-order valence-corrected chi connectivity index (χ3v) is 4.54. The minimum Gasteiger partial charge on any atom is -0.493 e. The molecule has 0 spiro atoms. The van der Waals surface area contributed by atoms with Crippen LogP contribution in [0.3, 0.4) is 0 Å². The Balaban J connectivity index is 2.15. The number of carbonyl (C=O) groups is 2. The summed E-state index contributed by atoms with van der Waals surface area (Å²) in [6, 6.07) is 3.44. The monoisotopic (exact) mass is 351 g/mol. The van der Waals surface area contributed by atoms with Crippen molar-refractivity contribution in [1.82, 2.24) is 5.32 Å². The van der Waals surface area contributed by atoms with Gasteiger partial charge in [0.1, 0.15) is 0 Å². The molecule has 1 aliphatic rings. The number of ether oxygens (including phenoxy) is 3. The summed E-state index contributed by atoms with van der Waals surface area (Å²) < 4.78 is 15.9. The van der Waals surface area contributed by atoms with Gasteiger partial charge in [0.2, 0.25) is 11.7 Å². The number of hydrogen-bond acceptors (Lipinski definition) is 5. The minimum atomic E-state index is -0.894. The highest BCUT2D eigenvalue weighted by Crippen LogP contribution is 2.38. The predicted molar refractivity (Wildman–Crippen MR) is 91.4 cm³/mol. The van der Waals surface area contributed by atoms with E-state index in [2.05, 4.69) is 5.32 Å². The highest BCUT2D eigenvalue weighted by Gasteiger charge is 2.37. The molecule has 2 rings (SSSR count). The first-order valence-electron chi connectivity index (χ1n) is 8.24. The molecule has 7 nitrogen and oxygen atoms in total. The van der Waals surface area contributed by atoms with Crippen molar-refractivity contribution in [1.29, 1.82) is 0 Å². The van der Waals surface area contributed by atoms with Crippen molar-refractivity contribution in [2.75, 3.05) is 21.3 Å². The van der Waals surface area contributed by atoms with Crippen molar-refractivity contribution in [3.05, 3.63) is 17.7 Å². The number of hydrogen-bond donors (Lipinski definition) is 2. The highest BCUT2D eigenvalue weighted by atomic mass is 16.5. The van der Waals surface area contributed by atoms with Gasteiger partial charge in [-0.05, 0) is 30.5 Å². The predicted octanol–water partition coefficient (Wildman–Crippen LogP) is 2.16. The molecule has 7 heteroatoms. The lowest BCUT2D eigenvalue weighted by molar-refractivity contribution is -0.139. The first-order valence-corrected chi connectivity index (χ1v) is 8.24. The van der Waals surface area contributed by atoms with Gasteiger partial charge in [0.05, 0.1) is 39.7 Å². The van der Waals surface area contributed by atoms with E-state index in [0.29, 0.717) is 35.7 Å². The van der Waals surface area contributed by atoms with E-state index in [1.165, 1.54) is 21.3 Å². The number of carboxylic acid groups (broad SMARTS) is 1. The number of nitrogens with one attached hydrogen (secondary N) is 1. The minimum absolute atomic E-state index is 0.0476. The Kier molecular flexibility index (Phi) is 6.12. The Labute approximate surface area is 147 Å². The molecule has 0 heterocycles. The summed E-state index contributed by atoms with van der Waals surface area (Å²) in [7, 11) is 4.55. The van der Waals surface area contributed by atoms with E-state index < -0.39 is 11.5 Å². The average Bonchev–Trinajstić information content (AvgIpc) is 3.00. The number of rotatable bonds is 8. The van der Waals surface area contributed by atoms with Gasteiger partial charge >= 0.3 is 5.97 Å². The summed E-state index contributed by atoms with van der Waals surface area (Å²) in [5, 5.41) is 12.1. The van der Waals surface area contributed by atoms with Crippen LogP contribution < -0.4 is 19.5 Å². The number of methoxy groups -OCH3 is 3. The lowest BCUT2D eigenvalue weighted by atomic mass is 9.92. The molecule has 0 saturated heterocycles. The van der Waals surface area contributed by atoms with Crippen molar-refractivity contribution in [3.8, 4) is 17.2 Å². The van der Waals surface area contributed by atoms with E-state index in [4.69, 9.17) is 19.3 Å². The molecule has 1 aromatic carbocycles. The van der Waals surface area contributed by atoms with Gasteiger partial charge in [-0.3, -0.25) is 9.59 Å². The van der Waals surface area contributed by atoms with E-state index in [9.17, 15) is 9.59 Å². The van der Waals surface area contributed by atoms with Gasteiger partial charge in [0, 0.05) is 0 Å². The molecule has 0 bridgehead atoms. The Morgan fingerprint density at radius 3 is 2.08 bits per heavy atom. The second kappa shape index (κ2) is 8.09. The van der Waals surface area contributed by atoms with Crippen LogP contribution in [-0.4, -0.2) is 43.9 Å². The average molecular weight is 351 g/mol. The van der Waals surface area contributed by atoms with Crippen LogP contribution in [-0.2, 0) is 16.0 Å². The third kappa shape index (κ3) is 4.55. The van der Waals surface area contributed by atoms with Crippen molar-refractivity contribution in [2.24, 2.45) is 0 Å². The molecular formula is C18H25NO6. The van der Waals surface area contributed by atoms with Crippen LogP contribution in [0.25, 0.3) is 0 Å². The van der Waals surface area contributed by atoms with Gasteiger partial charge in [-0.25, -0.2) is 0 Å².